The Morgan fingerprint density at radius 2 is 2.32 bits per heavy atom. The van der Waals surface area contributed by atoms with Gasteiger partial charge in [0.25, 0.3) is 0 Å². The SMILES string of the molecule is CS(=O)[C@@H]1[C@H](O)[C@@H](CO)O[C@H]1n1ccc(N)nc1=O. The lowest BCUT2D eigenvalue weighted by Crippen LogP contribution is -2.38. The third kappa shape index (κ3) is 2.54. The average molecular weight is 289 g/mol. The van der Waals surface area contributed by atoms with Crippen LogP contribution in [0, 0.1) is 0 Å². The standard InChI is InChI=1S/C10H15N3O5S/c1-19(17)8-7(15)5(4-14)18-9(8)13-3-2-6(11)12-10(13)16/h2-3,5,7-9,14-15H,4H2,1H3,(H2,11,12,16)/t5-,7-,8-,9-,19?/m1/s1. The molecule has 9 heteroatoms. The maximum absolute atomic E-state index is 11.7. The lowest BCUT2D eigenvalue weighted by molar-refractivity contribution is -0.0457. The first-order chi connectivity index (χ1) is 8.95. The molecule has 1 aliphatic rings. The Balaban J connectivity index is 2.42. The molecular weight excluding hydrogens is 274 g/mol. The molecule has 0 saturated carbocycles. The van der Waals surface area contributed by atoms with Crippen molar-refractivity contribution in [2.24, 2.45) is 0 Å². The van der Waals surface area contributed by atoms with Crippen molar-refractivity contribution < 1.29 is 19.2 Å². The summed E-state index contributed by atoms with van der Waals surface area (Å²) in [5, 5.41) is 18.2. The van der Waals surface area contributed by atoms with E-state index >= 15 is 0 Å². The van der Waals surface area contributed by atoms with Gasteiger partial charge in [0.15, 0.2) is 6.23 Å². The van der Waals surface area contributed by atoms with Crippen LogP contribution in [0.1, 0.15) is 6.23 Å². The van der Waals surface area contributed by atoms with E-state index < -0.39 is 46.8 Å². The van der Waals surface area contributed by atoms with Gasteiger partial charge in [0.05, 0.1) is 6.61 Å². The minimum atomic E-state index is -1.44. The third-order valence-electron chi connectivity index (χ3n) is 3.00. The van der Waals surface area contributed by atoms with Gasteiger partial charge in [-0.15, -0.1) is 0 Å². The van der Waals surface area contributed by atoms with Crippen LogP contribution in [0.2, 0.25) is 0 Å². The van der Waals surface area contributed by atoms with Crippen molar-refractivity contribution in [1.29, 1.82) is 0 Å². The fourth-order valence-electron chi connectivity index (χ4n) is 2.07. The molecule has 0 amide bonds. The first kappa shape index (κ1) is 14.1. The Kier molecular flexibility index (Phi) is 3.99. The van der Waals surface area contributed by atoms with Gasteiger partial charge in [-0.3, -0.25) is 8.78 Å². The quantitative estimate of drug-likeness (QED) is 0.577. The molecule has 0 bridgehead atoms. The number of rotatable bonds is 3. The van der Waals surface area contributed by atoms with Crippen molar-refractivity contribution in [2.75, 3.05) is 18.6 Å². The second kappa shape index (κ2) is 5.37. The molecule has 0 aliphatic carbocycles. The molecule has 1 aliphatic heterocycles. The molecule has 1 fully saturated rings. The summed E-state index contributed by atoms with van der Waals surface area (Å²) in [6.45, 7) is -0.428. The molecule has 8 nitrogen and oxygen atoms in total. The largest absolute Gasteiger partial charge is 0.394 e. The van der Waals surface area contributed by atoms with E-state index in [4.69, 9.17) is 15.6 Å². The number of nitrogens with zero attached hydrogens (tertiary/aromatic N) is 2. The number of ether oxygens (including phenoxy) is 1. The summed E-state index contributed by atoms with van der Waals surface area (Å²) in [5.41, 5.74) is 4.73. The van der Waals surface area contributed by atoms with Crippen LogP contribution in [0.25, 0.3) is 0 Å². The van der Waals surface area contributed by atoms with E-state index in [2.05, 4.69) is 4.98 Å². The number of nitrogen functional groups attached to an aromatic ring is 1. The Bertz CT molecular complexity index is 548. The van der Waals surface area contributed by atoms with Crippen LogP contribution in [0.4, 0.5) is 5.82 Å². The second-order valence-electron chi connectivity index (χ2n) is 4.24. The molecule has 2 rings (SSSR count). The van der Waals surface area contributed by atoms with E-state index in [0.717, 1.165) is 4.57 Å². The summed E-state index contributed by atoms with van der Waals surface area (Å²) in [5.74, 6) is 0.0627. The lowest BCUT2D eigenvalue weighted by atomic mass is 10.2. The van der Waals surface area contributed by atoms with Crippen LogP contribution in [0.3, 0.4) is 0 Å². The zero-order valence-electron chi connectivity index (χ0n) is 10.2. The van der Waals surface area contributed by atoms with E-state index in [-0.39, 0.29) is 5.82 Å². The summed E-state index contributed by atoms with van der Waals surface area (Å²) in [4.78, 5) is 15.3. The summed E-state index contributed by atoms with van der Waals surface area (Å²) >= 11 is 0. The van der Waals surface area contributed by atoms with Crippen molar-refractivity contribution in [2.45, 2.75) is 23.7 Å². The van der Waals surface area contributed by atoms with Crippen molar-refractivity contribution in [3.8, 4) is 0 Å². The van der Waals surface area contributed by atoms with Gasteiger partial charge in [0, 0.05) is 23.3 Å². The molecule has 1 aromatic rings. The molecule has 4 N–H and O–H groups in total. The number of hydrogen-bond donors (Lipinski definition) is 3. The highest BCUT2D eigenvalue weighted by Crippen LogP contribution is 2.31. The fourth-order valence-corrected chi connectivity index (χ4v) is 3.16. The van der Waals surface area contributed by atoms with Crippen LogP contribution in [-0.4, -0.2) is 54.3 Å². The van der Waals surface area contributed by atoms with Crippen LogP contribution in [-0.2, 0) is 15.5 Å². The van der Waals surface area contributed by atoms with Gasteiger partial charge in [-0.05, 0) is 6.07 Å². The Labute approximate surface area is 111 Å². The summed E-state index contributed by atoms with van der Waals surface area (Å²) in [6, 6.07) is 1.40. The maximum atomic E-state index is 11.7. The fraction of sp³-hybridized carbons (Fsp3) is 0.600. The molecular formula is C10H15N3O5S. The van der Waals surface area contributed by atoms with Gasteiger partial charge in [0.1, 0.15) is 23.3 Å². The predicted molar refractivity (Wildman–Crippen MR) is 67.8 cm³/mol. The zero-order chi connectivity index (χ0) is 14.2. The van der Waals surface area contributed by atoms with Gasteiger partial charge < -0.3 is 20.7 Å². The van der Waals surface area contributed by atoms with Crippen LogP contribution in [0.5, 0.6) is 0 Å². The van der Waals surface area contributed by atoms with E-state index in [9.17, 15) is 14.1 Å². The lowest BCUT2D eigenvalue weighted by Gasteiger charge is -2.19. The van der Waals surface area contributed by atoms with Gasteiger partial charge in [-0.1, -0.05) is 0 Å². The summed E-state index contributed by atoms with van der Waals surface area (Å²) in [7, 11) is -1.44. The molecule has 5 atom stereocenters. The van der Waals surface area contributed by atoms with Crippen molar-refractivity contribution in [1.82, 2.24) is 9.55 Å². The highest BCUT2D eigenvalue weighted by molar-refractivity contribution is 7.85. The van der Waals surface area contributed by atoms with Crippen LogP contribution < -0.4 is 11.4 Å². The van der Waals surface area contributed by atoms with Crippen molar-refractivity contribution in [3.05, 3.63) is 22.7 Å². The topological polar surface area (TPSA) is 128 Å². The van der Waals surface area contributed by atoms with E-state index in [1.165, 1.54) is 18.5 Å². The molecule has 0 aromatic carbocycles. The zero-order valence-corrected chi connectivity index (χ0v) is 11.0. The minimum absolute atomic E-state index is 0.0627. The van der Waals surface area contributed by atoms with Gasteiger partial charge in [-0.25, -0.2) is 4.79 Å². The van der Waals surface area contributed by atoms with Gasteiger partial charge in [-0.2, -0.15) is 4.98 Å². The van der Waals surface area contributed by atoms with Gasteiger partial charge >= 0.3 is 5.69 Å². The molecule has 1 unspecified atom stereocenters. The van der Waals surface area contributed by atoms with Crippen molar-refractivity contribution in [3.63, 3.8) is 0 Å². The van der Waals surface area contributed by atoms with E-state index in [0.29, 0.717) is 0 Å². The molecule has 0 spiro atoms. The number of aromatic nitrogens is 2. The predicted octanol–water partition coefficient (Wildman–Crippen LogP) is -2.18. The summed E-state index contributed by atoms with van der Waals surface area (Å²) in [6.07, 6.45) is -0.186. The maximum Gasteiger partial charge on any atom is 0.351 e. The molecule has 1 aromatic heterocycles. The average Bonchev–Trinajstić information content (AvgIpc) is 2.66. The molecule has 19 heavy (non-hydrogen) atoms. The number of nitrogens with two attached hydrogens (primary N) is 1. The first-order valence-electron chi connectivity index (χ1n) is 5.57. The first-order valence-corrected chi connectivity index (χ1v) is 7.19. The van der Waals surface area contributed by atoms with Crippen LogP contribution >= 0.6 is 0 Å². The summed E-state index contributed by atoms with van der Waals surface area (Å²) < 4.78 is 18.2. The highest BCUT2D eigenvalue weighted by atomic mass is 32.2. The molecule has 106 valence electrons. The number of anilines is 1. The normalized spacial score (nSPS) is 32.4. The Morgan fingerprint density at radius 1 is 1.63 bits per heavy atom. The smallest absolute Gasteiger partial charge is 0.351 e. The van der Waals surface area contributed by atoms with Crippen molar-refractivity contribution >= 4 is 16.6 Å². The molecule has 1 saturated heterocycles. The highest BCUT2D eigenvalue weighted by Gasteiger charge is 2.46. The van der Waals surface area contributed by atoms with E-state index in [1.807, 2.05) is 0 Å². The van der Waals surface area contributed by atoms with Crippen LogP contribution in [0.15, 0.2) is 17.1 Å². The monoisotopic (exact) mass is 289 g/mol. The number of aliphatic hydroxyl groups is 2. The number of hydrogen-bond acceptors (Lipinski definition) is 7. The second-order valence-corrected chi connectivity index (χ2v) is 5.79. The minimum Gasteiger partial charge on any atom is -0.394 e. The molecule has 2 heterocycles. The number of aliphatic hydroxyl groups excluding tert-OH is 2. The van der Waals surface area contributed by atoms with Gasteiger partial charge in [0.2, 0.25) is 0 Å². The third-order valence-corrected chi connectivity index (χ3v) is 4.28. The van der Waals surface area contributed by atoms with E-state index in [1.54, 1.807) is 0 Å². The Morgan fingerprint density at radius 3 is 2.84 bits per heavy atom. The Hall–Kier alpha value is -1.29. The molecule has 0 radical (unpaired) electrons.